The van der Waals surface area contributed by atoms with Crippen LogP contribution in [0.1, 0.15) is 40.2 Å². The summed E-state index contributed by atoms with van der Waals surface area (Å²) in [7, 11) is -3.72. The maximum absolute atomic E-state index is 12.7. The molecule has 8 heteroatoms. The van der Waals surface area contributed by atoms with Crippen LogP contribution in [0.25, 0.3) is 0 Å². The normalized spacial score (nSPS) is 13.6. The first-order chi connectivity index (χ1) is 13.9. The lowest BCUT2D eigenvalue weighted by molar-refractivity contribution is 0.102. The number of aryl methyl sites for hydroxylation is 2. The predicted molar refractivity (Wildman–Crippen MR) is 112 cm³/mol. The Kier molecular flexibility index (Phi) is 5.10. The number of amides is 1. The number of aromatic amines is 1. The highest BCUT2D eigenvalue weighted by Gasteiger charge is 2.22. The molecule has 4 rings (SSSR count). The number of fused-ring (bicyclic) bond motifs is 1. The fourth-order valence-corrected chi connectivity index (χ4v) is 4.61. The van der Waals surface area contributed by atoms with E-state index in [9.17, 15) is 13.2 Å². The minimum Gasteiger partial charge on any atom is -0.321 e. The average molecular weight is 410 g/mol. The molecule has 29 heavy (non-hydrogen) atoms. The summed E-state index contributed by atoms with van der Waals surface area (Å²) in [6.07, 6.45) is 3.89. The number of anilines is 2. The lowest BCUT2D eigenvalue weighted by Gasteiger charge is -2.14. The lowest BCUT2D eigenvalue weighted by Crippen LogP contribution is -2.17. The number of carbonyl (C=O) groups excluding carboxylic acids is 1. The van der Waals surface area contributed by atoms with Gasteiger partial charge in [-0.15, -0.1) is 0 Å². The van der Waals surface area contributed by atoms with Gasteiger partial charge in [0, 0.05) is 16.9 Å². The molecule has 0 fully saturated rings. The van der Waals surface area contributed by atoms with E-state index in [0.29, 0.717) is 17.1 Å². The Morgan fingerprint density at radius 3 is 2.62 bits per heavy atom. The number of H-pyrrole nitrogens is 1. The van der Waals surface area contributed by atoms with Crippen molar-refractivity contribution < 1.29 is 13.2 Å². The molecule has 1 aliphatic carbocycles. The smallest absolute Gasteiger partial charge is 0.276 e. The third-order valence-corrected chi connectivity index (χ3v) is 6.45. The number of benzene rings is 2. The van der Waals surface area contributed by atoms with Gasteiger partial charge >= 0.3 is 0 Å². The topological polar surface area (TPSA) is 104 Å². The van der Waals surface area contributed by atoms with Gasteiger partial charge in [0.15, 0.2) is 5.69 Å². The largest absolute Gasteiger partial charge is 0.321 e. The Hall–Kier alpha value is -3.13. The third kappa shape index (κ3) is 4.02. The summed E-state index contributed by atoms with van der Waals surface area (Å²) in [6.45, 7) is 1.80. The molecular formula is C21H22N4O3S. The summed E-state index contributed by atoms with van der Waals surface area (Å²) in [6, 6.07) is 13.3. The van der Waals surface area contributed by atoms with Crippen LogP contribution in [0.5, 0.6) is 0 Å². The van der Waals surface area contributed by atoms with Gasteiger partial charge in [-0.2, -0.15) is 5.10 Å². The number of hydrogen-bond donors (Lipinski definition) is 3. The number of rotatable bonds is 5. The van der Waals surface area contributed by atoms with Crippen molar-refractivity contribution in [3.05, 3.63) is 71.0 Å². The maximum atomic E-state index is 12.7. The Morgan fingerprint density at radius 1 is 1.07 bits per heavy atom. The van der Waals surface area contributed by atoms with Crippen LogP contribution in [0.4, 0.5) is 11.4 Å². The van der Waals surface area contributed by atoms with Gasteiger partial charge in [-0.3, -0.25) is 14.6 Å². The number of sulfonamides is 1. The molecule has 0 spiro atoms. The zero-order chi connectivity index (χ0) is 20.4. The van der Waals surface area contributed by atoms with Crippen LogP contribution < -0.4 is 10.0 Å². The number of nitrogens with one attached hydrogen (secondary N) is 3. The van der Waals surface area contributed by atoms with E-state index in [4.69, 9.17) is 0 Å². The van der Waals surface area contributed by atoms with Crippen LogP contribution in [-0.2, 0) is 22.9 Å². The van der Waals surface area contributed by atoms with Crippen molar-refractivity contribution in [3.63, 3.8) is 0 Å². The van der Waals surface area contributed by atoms with E-state index < -0.39 is 10.0 Å². The molecule has 2 aromatic carbocycles. The first-order valence-electron chi connectivity index (χ1n) is 9.50. The van der Waals surface area contributed by atoms with Crippen LogP contribution in [0.3, 0.4) is 0 Å². The summed E-state index contributed by atoms with van der Waals surface area (Å²) in [5, 5.41) is 9.98. The van der Waals surface area contributed by atoms with Crippen molar-refractivity contribution in [2.45, 2.75) is 37.5 Å². The van der Waals surface area contributed by atoms with Crippen molar-refractivity contribution in [2.75, 3.05) is 10.0 Å². The molecule has 0 saturated carbocycles. The third-order valence-electron chi connectivity index (χ3n) is 5.06. The molecule has 3 N–H and O–H groups in total. The van der Waals surface area contributed by atoms with Crippen LogP contribution >= 0.6 is 0 Å². The van der Waals surface area contributed by atoms with Crippen molar-refractivity contribution in [3.8, 4) is 0 Å². The highest BCUT2D eigenvalue weighted by Crippen LogP contribution is 2.26. The van der Waals surface area contributed by atoms with Gasteiger partial charge in [-0.05, 0) is 62.4 Å². The zero-order valence-corrected chi connectivity index (χ0v) is 16.8. The molecule has 0 unspecified atom stereocenters. The molecule has 0 bridgehead atoms. The second kappa shape index (κ2) is 7.71. The van der Waals surface area contributed by atoms with Gasteiger partial charge in [0.05, 0.1) is 10.6 Å². The Bertz CT molecular complexity index is 1150. The van der Waals surface area contributed by atoms with E-state index in [1.165, 1.54) is 12.1 Å². The minimum absolute atomic E-state index is 0.178. The standard InChI is InChI=1S/C21H22N4O3S/c1-14-11-12-15(13-19(14)25-29(27,28)16-7-3-2-4-8-16)22-21(26)20-17-9-5-6-10-18(17)23-24-20/h2-4,7-8,11-13,25H,5-6,9-10H2,1H3,(H,22,26)(H,23,24). The highest BCUT2D eigenvalue weighted by atomic mass is 32.2. The minimum atomic E-state index is -3.72. The van der Waals surface area contributed by atoms with Gasteiger partial charge in [0.25, 0.3) is 15.9 Å². The summed E-state index contributed by atoms with van der Waals surface area (Å²) in [5.74, 6) is -0.301. The predicted octanol–water partition coefficient (Wildman–Crippen LogP) is 3.65. The lowest BCUT2D eigenvalue weighted by atomic mass is 9.96. The molecule has 3 aromatic rings. The number of carbonyl (C=O) groups is 1. The quantitative estimate of drug-likeness (QED) is 0.597. The average Bonchev–Trinajstić information content (AvgIpc) is 3.15. The summed E-state index contributed by atoms with van der Waals surface area (Å²) in [5.41, 5.74) is 4.08. The molecule has 0 atom stereocenters. The molecule has 150 valence electrons. The van der Waals surface area contributed by atoms with E-state index in [2.05, 4.69) is 20.2 Å². The molecule has 1 aromatic heterocycles. The van der Waals surface area contributed by atoms with E-state index in [-0.39, 0.29) is 10.8 Å². The number of nitrogens with zero attached hydrogens (tertiary/aromatic N) is 1. The van der Waals surface area contributed by atoms with Crippen LogP contribution in [0, 0.1) is 6.92 Å². The number of hydrogen-bond acceptors (Lipinski definition) is 4. The molecule has 1 heterocycles. The molecule has 1 aliphatic rings. The van der Waals surface area contributed by atoms with Gasteiger partial charge in [0.2, 0.25) is 0 Å². The molecule has 1 amide bonds. The van der Waals surface area contributed by atoms with E-state index in [1.807, 2.05) is 0 Å². The van der Waals surface area contributed by atoms with Crippen molar-refractivity contribution in [2.24, 2.45) is 0 Å². The first-order valence-corrected chi connectivity index (χ1v) is 11.0. The van der Waals surface area contributed by atoms with Crippen LogP contribution in [0.2, 0.25) is 0 Å². The Labute approximate surface area is 169 Å². The van der Waals surface area contributed by atoms with Crippen molar-refractivity contribution in [1.29, 1.82) is 0 Å². The highest BCUT2D eigenvalue weighted by molar-refractivity contribution is 7.92. The van der Waals surface area contributed by atoms with Crippen LogP contribution in [0.15, 0.2) is 53.4 Å². The maximum Gasteiger partial charge on any atom is 0.276 e. The first kappa shape index (κ1) is 19.2. The van der Waals surface area contributed by atoms with E-state index in [0.717, 1.165) is 42.5 Å². The second-order valence-corrected chi connectivity index (χ2v) is 8.82. The van der Waals surface area contributed by atoms with Gasteiger partial charge in [0.1, 0.15) is 0 Å². The summed E-state index contributed by atoms with van der Waals surface area (Å²) in [4.78, 5) is 12.9. The fraction of sp³-hybridized carbons (Fsp3) is 0.238. The van der Waals surface area contributed by atoms with Crippen molar-refractivity contribution >= 4 is 27.3 Å². The summed E-state index contributed by atoms with van der Waals surface area (Å²) < 4.78 is 27.8. The van der Waals surface area contributed by atoms with Gasteiger partial charge in [-0.1, -0.05) is 24.3 Å². The zero-order valence-electron chi connectivity index (χ0n) is 16.0. The van der Waals surface area contributed by atoms with Gasteiger partial charge < -0.3 is 5.32 Å². The molecule has 0 aliphatic heterocycles. The Morgan fingerprint density at radius 2 is 1.83 bits per heavy atom. The molecule has 7 nitrogen and oxygen atoms in total. The SMILES string of the molecule is Cc1ccc(NC(=O)c2n[nH]c3c2CCCC3)cc1NS(=O)(=O)c1ccccc1. The fourth-order valence-electron chi connectivity index (χ4n) is 3.47. The number of aromatic nitrogens is 2. The molecule has 0 radical (unpaired) electrons. The molecule has 0 saturated heterocycles. The van der Waals surface area contributed by atoms with E-state index >= 15 is 0 Å². The monoisotopic (exact) mass is 410 g/mol. The Balaban J connectivity index is 1.56. The van der Waals surface area contributed by atoms with Crippen molar-refractivity contribution in [1.82, 2.24) is 10.2 Å². The molecular weight excluding hydrogens is 388 g/mol. The van der Waals surface area contributed by atoms with Crippen LogP contribution in [-0.4, -0.2) is 24.5 Å². The van der Waals surface area contributed by atoms with Gasteiger partial charge in [-0.25, -0.2) is 8.42 Å². The van der Waals surface area contributed by atoms with E-state index in [1.54, 1.807) is 43.3 Å². The summed E-state index contributed by atoms with van der Waals surface area (Å²) >= 11 is 0. The second-order valence-electron chi connectivity index (χ2n) is 7.14.